The Bertz CT molecular complexity index is 401. The van der Waals surface area contributed by atoms with Gasteiger partial charge in [0.1, 0.15) is 5.76 Å². The number of hydrogen-bond donors (Lipinski definition) is 2. The summed E-state index contributed by atoms with van der Waals surface area (Å²) in [4.78, 5) is 24.5. The number of nitrogens with one attached hydrogen (secondary N) is 2. The van der Waals surface area contributed by atoms with Gasteiger partial charge >= 0.3 is 6.03 Å². The summed E-state index contributed by atoms with van der Waals surface area (Å²) in [5.41, 5.74) is 0. The highest BCUT2D eigenvalue weighted by molar-refractivity contribution is 5.75. The summed E-state index contributed by atoms with van der Waals surface area (Å²) in [5.74, 6) is 0.671. The van der Waals surface area contributed by atoms with E-state index >= 15 is 0 Å². The van der Waals surface area contributed by atoms with Crippen molar-refractivity contribution in [1.29, 1.82) is 0 Å². The Morgan fingerprint density at radius 2 is 2.16 bits per heavy atom. The zero-order valence-corrected chi connectivity index (χ0v) is 11.6. The molecule has 6 heteroatoms. The summed E-state index contributed by atoms with van der Waals surface area (Å²) in [7, 11) is 0. The fraction of sp³-hybridized carbons (Fsp3) is 0.538. The number of carbonyl (C=O) groups excluding carboxylic acids is 2. The standard InChI is InChI=1S/C13H21N3O3/c1-10(2)15-13(18)14-6-7-16(11(3)17)9-12-5-4-8-19-12/h4-5,8,10H,6-7,9H2,1-3H3,(H2,14,15,18). The maximum atomic E-state index is 11.5. The fourth-order valence-corrected chi connectivity index (χ4v) is 1.56. The number of nitrogens with zero attached hydrogens (tertiary/aromatic N) is 1. The van der Waals surface area contributed by atoms with Crippen molar-refractivity contribution in [2.45, 2.75) is 33.4 Å². The largest absolute Gasteiger partial charge is 0.467 e. The second-order valence-electron chi connectivity index (χ2n) is 4.57. The van der Waals surface area contributed by atoms with E-state index in [9.17, 15) is 9.59 Å². The third-order valence-electron chi connectivity index (χ3n) is 2.46. The normalized spacial score (nSPS) is 10.3. The topological polar surface area (TPSA) is 74.6 Å². The highest BCUT2D eigenvalue weighted by atomic mass is 16.3. The van der Waals surface area contributed by atoms with Gasteiger partial charge in [0.05, 0.1) is 12.8 Å². The van der Waals surface area contributed by atoms with Crippen LogP contribution in [-0.4, -0.2) is 36.0 Å². The Labute approximate surface area is 113 Å². The van der Waals surface area contributed by atoms with Gasteiger partial charge in [0.2, 0.25) is 5.91 Å². The molecule has 0 aliphatic heterocycles. The lowest BCUT2D eigenvalue weighted by Crippen LogP contribution is -2.43. The minimum atomic E-state index is -0.225. The molecule has 0 atom stereocenters. The summed E-state index contributed by atoms with van der Waals surface area (Å²) in [6.07, 6.45) is 1.57. The van der Waals surface area contributed by atoms with Gasteiger partial charge in [-0.25, -0.2) is 4.79 Å². The van der Waals surface area contributed by atoms with E-state index in [1.807, 2.05) is 19.9 Å². The highest BCUT2D eigenvalue weighted by Crippen LogP contribution is 2.05. The summed E-state index contributed by atoms with van der Waals surface area (Å²) < 4.78 is 5.20. The number of hydrogen-bond acceptors (Lipinski definition) is 3. The van der Waals surface area contributed by atoms with Crippen LogP contribution in [0.2, 0.25) is 0 Å². The van der Waals surface area contributed by atoms with E-state index < -0.39 is 0 Å². The predicted molar refractivity (Wildman–Crippen MR) is 71.5 cm³/mol. The molecule has 0 saturated heterocycles. The lowest BCUT2D eigenvalue weighted by Gasteiger charge is -2.20. The van der Waals surface area contributed by atoms with E-state index in [0.717, 1.165) is 5.76 Å². The van der Waals surface area contributed by atoms with Crippen molar-refractivity contribution < 1.29 is 14.0 Å². The van der Waals surface area contributed by atoms with Crippen LogP contribution in [0.4, 0.5) is 4.79 Å². The van der Waals surface area contributed by atoms with Gasteiger partial charge in [0.15, 0.2) is 0 Å². The van der Waals surface area contributed by atoms with E-state index in [1.54, 1.807) is 17.2 Å². The smallest absolute Gasteiger partial charge is 0.315 e. The molecule has 1 rings (SSSR count). The van der Waals surface area contributed by atoms with Crippen LogP contribution in [0.15, 0.2) is 22.8 Å². The molecular weight excluding hydrogens is 246 g/mol. The fourth-order valence-electron chi connectivity index (χ4n) is 1.56. The Balaban J connectivity index is 2.34. The van der Waals surface area contributed by atoms with Crippen LogP contribution in [0.1, 0.15) is 26.5 Å². The molecule has 0 aromatic carbocycles. The van der Waals surface area contributed by atoms with Crippen molar-refractivity contribution in [2.24, 2.45) is 0 Å². The van der Waals surface area contributed by atoms with Crippen LogP contribution in [0.5, 0.6) is 0 Å². The summed E-state index contributed by atoms with van der Waals surface area (Å²) in [5, 5.41) is 5.42. The minimum Gasteiger partial charge on any atom is -0.467 e. The summed E-state index contributed by atoms with van der Waals surface area (Å²) in [6, 6.07) is 3.46. The highest BCUT2D eigenvalue weighted by Gasteiger charge is 2.11. The third kappa shape index (κ3) is 5.94. The summed E-state index contributed by atoms with van der Waals surface area (Å²) in [6.45, 7) is 6.53. The number of urea groups is 1. The molecule has 0 saturated carbocycles. The molecule has 0 radical (unpaired) electrons. The molecule has 0 aliphatic carbocycles. The molecule has 2 N–H and O–H groups in total. The van der Waals surface area contributed by atoms with Crippen LogP contribution in [0.3, 0.4) is 0 Å². The van der Waals surface area contributed by atoms with Crippen LogP contribution in [-0.2, 0) is 11.3 Å². The lowest BCUT2D eigenvalue weighted by molar-refractivity contribution is -0.129. The Morgan fingerprint density at radius 3 is 2.68 bits per heavy atom. The molecule has 0 fully saturated rings. The van der Waals surface area contributed by atoms with Crippen LogP contribution >= 0.6 is 0 Å². The molecule has 1 aromatic heterocycles. The van der Waals surface area contributed by atoms with Crippen molar-refractivity contribution in [3.8, 4) is 0 Å². The third-order valence-corrected chi connectivity index (χ3v) is 2.46. The van der Waals surface area contributed by atoms with Crippen molar-refractivity contribution >= 4 is 11.9 Å². The average molecular weight is 267 g/mol. The number of furan rings is 1. The first-order valence-corrected chi connectivity index (χ1v) is 6.31. The molecule has 3 amide bonds. The van der Waals surface area contributed by atoms with Gasteiger partial charge in [-0.3, -0.25) is 4.79 Å². The molecule has 0 bridgehead atoms. The lowest BCUT2D eigenvalue weighted by atomic mass is 10.3. The number of carbonyl (C=O) groups is 2. The first-order chi connectivity index (χ1) is 8.99. The van der Waals surface area contributed by atoms with E-state index in [2.05, 4.69) is 10.6 Å². The maximum absolute atomic E-state index is 11.5. The monoisotopic (exact) mass is 267 g/mol. The zero-order chi connectivity index (χ0) is 14.3. The molecule has 6 nitrogen and oxygen atoms in total. The SMILES string of the molecule is CC(=O)N(CCNC(=O)NC(C)C)Cc1ccco1. The van der Waals surface area contributed by atoms with Gasteiger partial charge in [-0.1, -0.05) is 0 Å². The van der Waals surface area contributed by atoms with E-state index in [4.69, 9.17) is 4.42 Å². The van der Waals surface area contributed by atoms with Crippen LogP contribution < -0.4 is 10.6 Å². The van der Waals surface area contributed by atoms with Gasteiger partial charge in [0.25, 0.3) is 0 Å². The van der Waals surface area contributed by atoms with Crippen molar-refractivity contribution in [3.63, 3.8) is 0 Å². The maximum Gasteiger partial charge on any atom is 0.315 e. The molecule has 0 spiro atoms. The minimum absolute atomic E-state index is 0.0533. The van der Waals surface area contributed by atoms with Gasteiger partial charge in [-0.15, -0.1) is 0 Å². The van der Waals surface area contributed by atoms with Gasteiger partial charge in [0, 0.05) is 26.1 Å². The first kappa shape index (κ1) is 15.1. The Hall–Kier alpha value is -1.98. The molecule has 19 heavy (non-hydrogen) atoms. The molecule has 0 aliphatic rings. The second kappa shape index (κ2) is 7.45. The van der Waals surface area contributed by atoms with E-state index in [0.29, 0.717) is 19.6 Å². The molecule has 1 heterocycles. The van der Waals surface area contributed by atoms with Crippen molar-refractivity contribution in [2.75, 3.05) is 13.1 Å². The molecule has 1 aromatic rings. The predicted octanol–water partition coefficient (Wildman–Crippen LogP) is 1.34. The summed E-state index contributed by atoms with van der Waals surface area (Å²) >= 11 is 0. The molecule has 106 valence electrons. The Morgan fingerprint density at radius 1 is 1.42 bits per heavy atom. The van der Waals surface area contributed by atoms with Gasteiger partial charge in [-0.2, -0.15) is 0 Å². The zero-order valence-electron chi connectivity index (χ0n) is 11.6. The molecule has 0 unspecified atom stereocenters. The molecular formula is C13H21N3O3. The van der Waals surface area contributed by atoms with Crippen molar-refractivity contribution in [1.82, 2.24) is 15.5 Å². The van der Waals surface area contributed by atoms with Gasteiger partial charge in [-0.05, 0) is 26.0 Å². The number of amides is 3. The van der Waals surface area contributed by atoms with Crippen LogP contribution in [0, 0.1) is 0 Å². The van der Waals surface area contributed by atoms with Crippen LogP contribution in [0.25, 0.3) is 0 Å². The number of rotatable bonds is 6. The first-order valence-electron chi connectivity index (χ1n) is 6.31. The quantitative estimate of drug-likeness (QED) is 0.816. The average Bonchev–Trinajstić information content (AvgIpc) is 2.79. The second-order valence-corrected chi connectivity index (χ2v) is 4.57. The van der Waals surface area contributed by atoms with E-state index in [-0.39, 0.29) is 18.0 Å². The van der Waals surface area contributed by atoms with Crippen molar-refractivity contribution in [3.05, 3.63) is 24.2 Å². The Kier molecular flexibility index (Phi) is 5.92. The van der Waals surface area contributed by atoms with Gasteiger partial charge < -0.3 is 20.0 Å². The van der Waals surface area contributed by atoms with E-state index in [1.165, 1.54) is 6.92 Å².